The van der Waals surface area contributed by atoms with Gasteiger partial charge in [0.1, 0.15) is 5.75 Å². The third-order valence-corrected chi connectivity index (χ3v) is 3.79. The molecule has 0 saturated carbocycles. The number of halogens is 3. The van der Waals surface area contributed by atoms with E-state index in [1.54, 1.807) is 13.2 Å². The Morgan fingerprint density at radius 3 is 2.56 bits per heavy atom. The Kier molecular flexibility index (Phi) is 5.90. The highest BCUT2D eigenvalue weighted by molar-refractivity contribution is 9.09. The molecule has 0 saturated heterocycles. The van der Waals surface area contributed by atoms with E-state index in [0.29, 0.717) is 15.8 Å². The van der Waals surface area contributed by atoms with Gasteiger partial charge in [-0.1, -0.05) is 39.1 Å². The van der Waals surface area contributed by atoms with Crippen LogP contribution in [0, 0.1) is 0 Å². The molecule has 0 atom stereocenters. The molecule has 0 radical (unpaired) electrons. The van der Waals surface area contributed by atoms with E-state index in [0.717, 1.165) is 24.0 Å². The highest BCUT2D eigenvalue weighted by atomic mass is 79.9. The van der Waals surface area contributed by atoms with E-state index in [1.165, 1.54) is 0 Å². The first kappa shape index (κ1) is 14.1. The normalized spacial score (nSPS) is 10.9. The lowest BCUT2D eigenvalue weighted by molar-refractivity contribution is 0.400. The Labute approximate surface area is 115 Å². The molecule has 0 unspecified atom stereocenters. The lowest BCUT2D eigenvalue weighted by Crippen LogP contribution is -2.19. The summed E-state index contributed by atoms with van der Waals surface area (Å²) in [5.74, 6) is 0.615. The van der Waals surface area contributed by atoms with Crippen molar-refractivity contribution in [2.75, 3.05) is 26.2 Å². The van der Waals surface area contributed by atoms with E-state index in [2.05, 4.69) is 20.8 Å². The van der Waals surface area contributed by atoms with Crippen molar-refractivity contribution in [3.8, 4) is 5.75 Å². The average Bonchev–Trinajstić information content (AvgIpc) is 2.29. The fraction of sp³-hybridized carbons (Fsp3) is 0.455. The molecule has 0 fully saturated rings. The molecule has 0 aliphatic rings. The maximum absolute atomic E-state index is 6.14. The predicted octanol–water partition coefficient (Wildman–Crippen LogP) is 3.83. The maximum atomic E-state index is 6.14. The third kappa shape index (κ3) is 3.81. The molecule has 5 heteroatoms. The maximum Gasteiger partial charge on any atom is 0.138 e. The van der Waals surface area contributed by atoms with Gasteiger partial charge in [0, 0.05) is 17.6 Å². The van der Waals surface area contributed by atoms with Crippen molar-refractivity contribution in [2.24, 2.45) is 0 Å². The molecule has 0 aliphatic heterocycles. The van der Waals surface area contributed by atoms with E-state index >= 15 is 0 Å². The lowest BCUT2D eigenvalue weighted by Gasteiger charge is -2.14. The van der Waals surface area contributed by atoms with Gasteiger partial charge in [-0.3, -0.25) is 4.90 Å². The minimum Gasteiger partial charge on any atom is -0.495 e. The summed E-state index contributed by atoms with van der Waals surface area (Å²) >= 11 is 15.6. The number of nitrogens with zero attached hydrogens (tertiary/aromatic N) is 1. The quantitative estimate of drug-likeness (QED) is 0.602. The van der Waals surface area contributed by atoms with E-state index < -0.39 is 0 Å². The first-order chi connectivity index (χ1) is 7.58. The van der Waals surface area contributed by atoms with Gasteiger partial charge >= 0.3 is 0 Å². The van der Waals surface area contributed by atoms with Crippen molar-refractivity contribution in [3.63, 3.8) is 0 Å². The summed E-state index contributed by atoms with van der Waals surface area (Å²) in [5.41, 5.74) is 1.88. The molecule has 0 amide bonds. The molecule has 0 N–H and O–H groups in total. The number of methoxy groups -OCH3 is 1. The molecule has 1 rings (SSSR count). The Morgan fingerprint density at radius 2 is 2.00 bits per heavy atom. The first-order valence-electron chi connectivity index (χ1n) is 4.85. The molecule has 16 heavy (non-hydrogen) atoms. The van der Waals surface area contributed by atoms with Crippen molar-refractivity contribution in [3.05, 3.63) is 27.7 Å². The molecule has 90 valence electrons. The van der Waals surface area contributed by atoms with Gasteiger partial charge < -0.3 is 4.74 Å². The fourth-order valence-corrected chi connectivity index (χ4v) is 2.05. The Balaban J connectivity index is 2.77. The van der Waals surface area contributed by atoms with Crippen molar-refractivity contribution < 1.29 is 4.74 Å². The highest BCUT2D eigenvalue weighted by Crippen LogP contribution is 2.31. The number of ether oxygens (including phenoxy) is 1. The molecule has 2 nitrogen and oxygen atoms in total. The molecule has 0 heterocycles. The lowest BCUT2D eigenvalue weighted by atomic mass is 10.1. The number of likely N-dealkylation sites (N-methyl/N-ethyl adjacent to an activating group) is 1. The molecule has 0 spiro atoms. The van der Waals surface area contributed by atoms with Crippen LogP contribution in [0.5, 0.6) is 5.75 Å². The van der Waals surface area contributed by atoms with E-state index in [4.69, 9.17) is 27.9 Å². The van der Waals surface area contributed by atoms with E-state index in [9.17, 15) is 0 Å². The van der Waals surface area contributed by atoms with Crippen LogP contribution >= 0.6 is 39.1 Å². The highest BCUT2D eigenvalue weighted by Gasteiger charge is 2.08. The zero-order valence-electron chi connectivity index (χ0n) is 9.27. The van der Waals surface area contributed by atoms with Gasteiger partial charge in [0.15, 0.2) is 0 Å². The van der Waals surface area contributed by atoms with E-state index in [-0.39, 0.29) is 0 Å². The topological polar surface area (TPSA) is 12.5 Å². The second-order valence-corrected chi connectivity index (χ2v) is 4.84. The first-order valence-corrected chi connectivity index (χ1v) is 6.72. The van der Waals surface area contributed by atoms with Gasteiger partial charge in [0.05, 0.1) is 17.6 Å². The molecule has 1 aromatic carbocycles. The molecule has 0 aliphatic carbocycles. The fourth-order valence-electron chi connectivity index (χ4n) is 1.29. The summed E-state index contributed by atoms with van der Waals surface area (Å²) in [7, 11) is 3.61. The Bertz CT molecular complexity index is 360. The Hall–Kier alpha value is 0.0400. The summed E-state index contributed by atoms with van der Waals surface area (Å²) in [6.45, 7) is 0.924. The van der Waals surface area contributed by atoms with Crippen molar-refractivity contribution in [1.82, 2.24) is 4.90 Å². The summed E-state index contributed by atoms with van der Waals surface area (Å²) in [5, 5.41) is 1.30. The van der Waals surface area contributed by atoms with Gasteiger partial charge in [-0.25, -0.2) is 0 Å². The minimum absolute atomic E-state index is 0.600. The molecular weight excluding hydrogens is 313 g/mol. The predicted molar refractivity (Wildman–Crippen MR) is 73.1 cm³/mol. The third-order valence-electron chi connectivity index (χ3n) is 2.29. The van der Waals surface area contributed by atoms with Crippen LogP contribution in [-0.4, -0.2) is 31.1 Å². The standard InChI is InChI=1S/C11H14BrCl2NO/c1-15(7-12)4-3-8-5-10(14)11(16-2)6-9(8)13/h5-6H,3-4,7H2,1-2H3. The SMILES string of the molecule is COc1cc(Cl)c(CCN(C)CBr)cc1Cl. The molecule has 0 bridgehead atoms. The largest absolute Gasteiger partial charge is 0.495 e. The molecule has 1 aromatic rings. The number of hydrogen-bond acceptors (Lipinski definition) is 2. The number of hydrogen-bond donors (Lipinski definition) is 0. The second kappa shape index (κ2) is 6.70. The van der Waals surface area contributed by atoms with Crippen LogP contribution in [0.25, 0.3) is 0 Å². The van der Waals surface area contributed by atoms with Gasteiger partial charge in [-0.2, -0.15) is 0 Å². The average molecular weight is 327 g/mol. The monoisotopic (exact) mass is 325 g/mol. The van der Waals surface area contributed by atoms with Crippen LogP contribution in [0.15, 0.2) is 12.1 Å². The van der Waals surface area contributed by atoms with Crippen molar-refractivity contribution >= 4 is 39.1 Å². The van der Waals surface area contributed by atoms with Crippen LogP contribution in [-0.2, 0) is 6.42 Å². The van der Waals surface area contributed by atoms with Crippen molar-refractivity contribution in [1.29, 1.82) is 0 Å². The number of rotatable bonds is 5. The summed E-state index contributed by atoms with van der Waals surface area (Å²) in [6.07, 6.45) is 0.866. The molecular formula is C11H14BrCl2NO. The van der Waals surface area contributed by atoms with Crippen LogP contribution in [0.3, 0.4) is 0 Å². The minimum atomic E-state index is 0.600. The van der Waals surface area contributed by atoms with Crippen molar-refractivity contribution in [2.45, 2.75) is 6.42 Å². The summed E-state index contributed by atoms with van der Waals surface area (Å²) in [4.78, 5) is 2.15. The zero-order valence-corrected chi connectivity index (χ0v) is 12.4. The van der Waals surface area contributed by atoms with Crippen LogP contribution in [0.1, 0.15) is 5.56 Å². The number of benzene rings is 1. The summed E-state index contributed by atoms with van der Waals surface area (Å²) in [6, 6.07) is 3.62. The van der Waals surface area contributed by atoms with E-state index in [1.807, 2.05) is 13.1 Å². The van der Waals surface area contributed by atoms with Gasteiger partial charge in [0.2, 0.25) is 0 Å². The van der Waals surface area contributed by atoms with Gasteiger partial charge in [-0.05, 0) is 25.1 Å². The van der Waals surface area contributed by atoms with Crippen LogP contribution in [0.4, 0.5) is 0 Å². The van der Waals surface area contributed by atoms with Gasteiger partial charge in [0.25, 0.3) is 0 Å². The van der Waals surface area contributed by atoms with Crippen LogP contribution < -0.4 is 4.74 Å². The number of alkyl halides is 1. The second-order valence-electron chi connectivity index (χ2n) is 3.53. The molecule has 0 aromatic heterocycles. The summed E-state index contributed by atoms with van der Waals surface area (Å²) < 4.78 is 5.09. The zero-order chi connectivity index (χ0) is 12.1. The Morgan fingerprint density at radius 1 is 1.31 bits per heavy atom. The smallest absolute Gasteiger partial charge is 0.138 e. The van der Waals surface area contributed by atoms with Crippen LogP contribution in [0.2, 0.25) is 10.0 Å². The van der Waals surface area contributed by atoms with Gasteiger partial charge in [-0.15, -0.1) is 0 Å².